The van der Waals surface area contributed by atoms with Crippen LogP contribution in [0.3, 0.4) is 0 Å². The van der Waals surface area contributed by atoms with E-state index in [-0.39, 0.29) is 5.41 Å². The van der Waals surface area contributed by atoms with Crippen molar-refractivity contribution >= 4 is 11.0 Å². The zero-order valence-corrected chi connectivity index (χ0v) is 10.00. The number of aromatic amines is 1. The van der Waals surface area contributed by atoms with E-state index in [9.17, 15) is 0 Å². The average molecular weight is 206 g/mol. The summed E-state index contributed by atoms with van der Waals surface area (Å²) >= 11 is 0. The van der Waals surface area contributed by atoms with Crippen molar-refractivity contribution in [3.63, 3.8) is 0 Å². The third kappa shape index (κ3) is 2.32. The number of nitrogens with zero attached hydrogens (tertiary/aromatic N) is 3. The summed E-state index contributed by atoms with van der Waals surface area (Å²) in [5, 5.41) is 8.12. The molecule has 0 atom stereocenters. The van der Waals surface area contributed by atoms with Gasteiger partial charge in [-0.15, -0.1) is 0 Å². The van der Waals surface area contributed by atoms with Gasteiger partial charge in [-0.25, -0.2) is 9.97 Å². The first-order chi connectivity index (χ1) is 7.09. The fourth-order valence-electron chi connectivity index (χ4n) is 1.33. The minimum atomic E-state index is 0.0550. The van der Waals surface area contributed by atoms with Gasteiger partial charge in [0.05, 0.1) is 11.1 Å². The zero-order chi connectivity index (χ0) is 11.5. The molecule has 0 aromatic carbocycles. The normalized spacial score (nSPS) is 11.0. The molecule has 15 heavy (non-hydrogen) atoms. The number of nitrogens with one attached hydrogen (secondary N) is 1. The van der Waals surface area contributed by atoms with Gasteiger partial charge in [0.2, 0.25) is 0 Å². The summed E-state index contributed by atoms with van der Waals surface area (Å²) < 4.78 is 0. The van der Waals surface area contributed by atoms with E-state index < -0.39 is 0 Å². The summed E-state index contributed by atoms with van der Waals surface area (Å²) in [6, 6.07) is 0. The standard InChI is InChI=1S/C9H12N4.C2H6/c1-9(2,3)7-6-4-10-5-11-8(6)13-12-7;1-2/h4-5H,1-3H3,(H,10,11,12,13);1-2H3. The molecule has 2 aromatic heterocycles. The number of aromatic nitrogens is 4. The molecule has 2 rings (SSSR count). The number of hydrogen-bond acceptors (Lipinski definition) is 3. The highest BCUT2D eigenvalue weighted by molar-refractivity contribution is 5.77. The number of fused-ring (bicyclic) bond motifs is 1. The van der Waals surface area contributed by atoms with E-state index >= 15 is 0 Å². The summed E-state index contributed by atoms with van der Waals surface area (Å²) in [6.45, 7) is 10.4. The molecule has 0 saturated heterocycles. The lowest BCUT2D eigenvalue weighted by Gasteiger charge is -2.15. The average Bonchev–Trinajstić information content (AvgIpc) is 2.63. The second-order valence-electron chi connectivity index (χ2n) is 4.11. The summed E-state index contributed by atoms with van der Waals surface area (Å²) in [6.07, 6.45) is 3.31. The van der Waals surface area contributed by atoms with Crippen LogP contribution in [0.15, 0.2) is 12.5 Å². The van der Waals surface area contributed by atoms with E-state index in [0.29, 0.717) is 0 Å². The molecule has 0 fully saturated rings. The second-order valence-corrected chi connectivity index (χ2v) is 4.11. The molecule has 0 amide bonds. The van der Waals surface area contributed by atoms with E-state index in [1.54, 1.807) is 6.20 Å². The molecule has 0 saturated carbocycles. The molecule has 0 bridgehead atoms. The zero-order valence-electron chi connectivity index (χ0n) is 10.00. The van der Waals surface area contributed by atoms with Crippen molar-refractivity contribution in [2.75, 3.05) is 0 Å². The van der Waals surface area contributed by atoms with Gasteiger partial charge in [0.15, 0.2) is 5.65 Å². The van der Waals surface area contributed by atoms with Crippen molar-refractivity contribution in [1.82, 2.24) is 20.2 Å². The topological polar surface area (TPSA) is 54.5 Å². The molecule has 0 aliphatic carbocycles. The Labute approximate surface area is 90.1 Å². The first kappa shape index (κ1) is 11.6. The summed E-state index contributed by atoms with van der Waals surface area (Å²) in [7, 11) is 0. The second kappa shape index (κ2) is 4.38. The van der Waals surface area contributed by atoms with Crippen LogP contribution in [0.5, 0.6) is 0 Å². The molecular weight excluding hydrogens is 188 g/mol. The van der Waals surface area contributed by atoms with Gasteiger partial charge in [0.25, 0.3) is 0 Å². The molecular formula is C11H18N4. The molecule has 2 aromatic rings. The predicted octanol–water partition coefficient (Wildman–Crippen LogP) is 2.68. The highest BCUT2D eigenvalue weighted by Gasteiger charge is 2.19. The van der Waals surface area contributed by atoms with E-state index in [2.05, 4.69) is 40.9 Å². The number of H-pyrrole nitrogens is 1. The van der Waals surface area contributed by atoms with E-state index in [4.69, 9.17) is 0 Å². The van der Waals surface area contributed by atoms with Crippen LogP contribution in [0.1, 0.15) is 40.3 Å². The molecule has 0 radical (unpaired) electrons. The van der Waals surface area contributed by atoms with Gasteiger partial charge in [-0.3, -0.25) is 5.10 Å². The molecule has 82 valence electrons. The Morgan fingerprint density at radius 1 is 1.20 bits per heavy atom. The fourth-order valence-corrected chi connectivity index (χ4v) is 1.33. The highest BCUT2D eigenvalue weighted by Crippen LogP contribution is 2.25. The SMILES string of the molecule is CC.CC(C)(C)c1[nH]nc2ncncc12. The van der Waals surface area contributed by atoms with Crippen molar-refractivity contribution in [2.45, 2.75) is 40.0 Å². The summed E-state index contributed by atoms with van der Waals surface area (Å²) in [5.41, 5.74) is 1.88. The Morgan fingerprint density at radius 3 is 2.47 bits per heavy atom. The molecule has 1 N–H and O–H groups in total. The van der Waals surface area contributed by atoms with Gasteiger partial charge >= 0.3 is 0 Å². The maximum absolute atomic E-state index is 4.11. The monoisotopic (exact) mass is 206 g/mol. The summed E-state index contributed by atoms with van der Waals surface area (Å²) in [5.74, 6) is 0. The van der Waals surface area contributed by atoms with Crippen LogP contribution in [0.2, 0.25) is 0 Å². The van der Waals surface area contributed by atoms with Crippen molar-refractivity contribution in [3.05, 3.63) is 18.2 Å². The molecule has 2 heterocycles. The lowest BCUT2D eigenvalue weighted by Crippen LogP contribution is -2.12. The van der Waals surface area contributed by atoms with E-state index in [1.165, 1.54) is 6.33 Å². The Balaban J connectivity index is 0.000000531. The minimum absolute atomic E-state index is 0.0550. The van der Waals surface area contributed by atoms with Crippen LogP contribution in [0.25, 0.3) is 11.0 Å². The van der Waals surface area contributed by atoms with Gasteiger partial charge in [-0.1, -0.05) is 34.6 Å². The van der Waals surface area contributed by atoms with Gasteiger partial charge in [0, 0.05) is 11.6 Å². The van der Waals surface area contributed by atoms with E-state index in [0.717, 1.165) is 16.7 Å². The quantitative estimate of drug-likeness (QED) is 0.721. The summed E-state index contributed by atoms with van der Waals surface area (Å²) in [4.78, 5) is 8.05. The van der Waals surface area contributed by atoms with Crippen molar-refractivity contribution < 1.29 is 0 Å². The van der Waals surface area contributed by atoms with Gasteiger partial charge < -0.3 is 0 Å². The smallest absolute Gasteiger partial charge is 0.184 e. The third-order valence-corrected chi connectivity index (χ3v) is 1.98. The fraction of sp³-hybridized carbons (Fsp3) is 0.545. The Bertz CT molecular complexity index is 425. The Kier molecular flexibility index (Phi) is 3.39. The van der Waals surface area contributed by atoms with Crippen molar-refractivity contribution in [2.24, 2.45) is 0 Å². The molecule has 4 heteroatoms. The number of hydrogen-bond donors (Lipinski definition) is 1. The van der Waals surface area contributed by atoms with E-state index in [1.807, 2.05) is 13.8 Å². The van der Waals surface area contributed by atoms with Crippen molar-refractivity contribution in [3.8, 4) is 0 Å². The first-order valence-corrected chi connectivity index (χ1v) is 5.23. The molecule has 0 aliphatic rings. The van der Waals surface area contributed by atoms with Gasteiger partial charge in [-0.05, 0) is 0 Å². The van der Waals surface area contributed by atoms with Gasteiger partial charge in [-0.2, -0.15) is 5.10 Å². The lowest BCUT2D eigenvalue weighted by atomic mass is 9.91. The largest absolute Gasteiger partial charge is 0.279 e. The Hall–Kier alpha value is -1.45. The van der Waals surface area contributed by atoms with Crippen LogP contribution in [-0.2, 0) is 5.41 Å². The Morgan fingerprint density at radius 2 is 1.87 bits per heavy atom. The predicted molar refractivity (Wildman–Crippen MR) is 61.7 cm³/mol. The van der Waals surface area contributed by atoms with Crippen molar-refractivity contribution in [1.29, 1.82) is 0 Å². The highest BCUT2D eigenvalue weighted by atomic mass is 15.2. The maximum Gasteiger partial charge on any atom is 0.184 e. The van der Waals surface area contributed by atoms with Crippen LogP contribution in [-0.4, -0.2) is 20.2 Å². The maximum atomic E-state index is 4.11. The minimum Gasteiger partial charge on any atom is -0.279 e. The lowest BCUT2D eigenvalue weighted by molar-refractivity contribution is 0.571. The van der Waals surface area contributed by atoms with Crippen LogP contribution >= 0.6 is 0 Å². The van der Waals surface area contributed by atoms with Crippen LogP contribution in [0, 0.1) is 0 Å². The molecule has 0 aliphatic heterocycles. The van der Waals surface area contributed by atoms with Crippen LogP contribution < -0.4 is 0 Å². The van der Waals surface area contributed by atoms with Gasteiger partial charge in [0.1, 0.15) is 6.33 Å². The third-order valence-electron chi connectivity index (χ3n) is 1.98. The molecule has 0 unspecified atom stereocenters. The first-order valence-electron chi connectivity index (χ1n) is 5.23. The molecule has 0 spiro atoms. The number of rotatable bonds is 0. The van der Waals surface area contributed by atoms with Crippen LogP contribution in [0.4, 0.5) is 0 Å². The molecule has 4 nitrogen and oxygen atoms in total.